The van der Waals surface area contributed by atoms with Gasteiger partial charge in [-0.1, -0.05) is 18.2 Å². The van der Waals surface area contributed by atoms with Crippen LogP contribution in [0.15, 0.2) is 48.5 Å². The third-order valence-electron chi connectivity index (χ3n) is 2.70. The molecule has 0 amide bonds. The van der Waals surface area contributed by atoms with Crippen LogP contribution in [0.2, 0.25) is 0 Å². The lowest BCUT2D eigenvalue weighted by atomic mass is 10.2. The van der Waals surface area contributed by atoms with Gasteiger partial charge in [0.1, 0.15) is 29.4 Å². The van der Waals surface area contributed by atoms with Crippen LogP contribution in [0.25, 0.3) is 10.9 Å². The second kappa shape index (κ2) is 4.09. The molecule has 0 N–H and O–H groups in total. The summed E-state index contributed by atoms with van der Waals surface area (Å²) in [6, 6.07) is 9.93. The number of pyridine rings is 1. The van der Waals surface area contributed by atoms with E-state index in [1.54, 1.807) is 12.5 Å². The van der Waals surface area contributed by atoms with Crippen LogP contribution < -0.4 is 4.74 Å². The van der Waals surface area contributed by atoms with E-state index in [1.807, 2.05) is 37.3 Å². The number of ether oxygens (including phenoxy) is 2. The first-order valence-corrected chi connectivity index (χ1v) is 5.69. The van der Waals surface area contributed by atoms with Gasteiger partial charge in [-0.05, 0) is 19.1 Å². The van der Waals surface area contributed by atoms with Crippen molar-refractivity contribution in [1.29, 1.82) is 0 Å². The average Bonchev–Trinajstić information content (AvgIpc) is 3.13. The molecule has 1 aliphatic rings. The van der Waals surface area contributed by atoms with Crippen LogP contribution >= 0.6 is 0 Å². The summed E-state index contributed by atoms with van der Waals surface area (Å²) in [5.74, 6) is 1.84. The first-order valence-electron chi connectivity index (χ1n) is 5.69. The lowest BCUT2D eigenvalue weighted by molar-refractivity contribution is 0.216. The Kier molecular flexibility index (Phi) is 2.44. The lowest BCUT2D eigenvalue weighted by Gasteiger charge is -2.13. The van der Waals surface area contributed by atoms with E-state index >= 15 is 0 Å². The van der Waals surface area contributed by atoms with Gasteiger partial charge in [0.05, 0.1) is 0 Å². The Morgan fingerprint density at radius 1 is 1.29 bits per heavy atom. The van der Waals surface area contributed by atoms with E-state index < -0.39 is 0 Å². The first-order chi connectivity index (χ1) is 8.33. The zero-order valence-corrected chi connectivity index (χ0v) is 9.59. The van der Waals surface area contributed by atoms with Gasteiger partial charge in [-0.25, -0.2) is 0 Å². The second-order valence-electron chi connectivity index (χ2n) is 4.17. The molecule has 0 fully saturated rings. The molecule has 0 bridgehead atoms. The van der Waals surface area contributed by atoms with Gasteiger partial charge in [0.2, 0.25) is 0 Å². The van der Waals surface area contributed by atoms with Crippen molar-refractivity contribution in [3.63, 3.8) is 0 Å². The summed E-state index contributed by atoms with van der Waals surface area (Å²) in [5, 5.41) is 1.10. The molecule has 1 aliphatic heterocycles. The van der Waals surface area contributed by atoms with E-state index in [4.69, 9.17) is 9.47 Å². The highest BCUT2D eigenvalue weighted by molar-refractivity contribution is 5.84. The average molecular weight is 227 g/mol. The molecule has 3 rings (SSSR count). The molecule has 0 unspecified atom stereocenters. The van der Waals surface area contributed by atoms with Gasteiger partial charge in [-0.2, -0.15) is 0 Å². The summed E-state index contributed by atoms with van der Waals surface area (Å²) >= 11 is 0. The number of rotatable bonds is 4. The third-order valence-corrected chi connectivity index (χ3v) is 2.70. The maximum atomic E-state index is 5.90. The number of para-hydroxylation sites is 1. The Morgan fingerprint density at radius 3 is 2.94 bits per heavy atom. The predicted molar refractivity (Wildman–Crippen MR) is 65.6 cm³/mol. The van der Waals surface area contributed by atoms with E-state index in [2.05, 4.69) is 4.98 Å². The molecule has 0 spiro atoms. The molecule has 0 radical (unpaired) electrons. The minimum absolute atomic E-state index is 0.0938. The number of benzene rings is 1. The van der Waals surface area contributed by atoms with Crippen LogP contribution in [-0.4, -0.2) is 11.1 Å². The summed E-state index contributed by atoms with van der Waals surface area (Å²) in [6.45, 7) is 2.03. The molecular weight excluding hydrogens is 214 g/mol. The molecule has 1 aromatic heterocycles. The fraction of sp³-hybridized carbons (Fsp3) is 0.214. The minimum Gasteiger partial charge on any atom is -0.488 e. The van der Waals surface area contributed by atoms with E-state index in [0.717, 1.165) is 28.8 Å². The molecule has 2 heterocycles. The predicted octanol–water partition coefficient (Wildman–Crippen LogP) is 3.26. The molecule has 1 atom stereocenters. The number of aromatic nitrogens is 1. The fourth-order valence-electron chi connectivity index (χ4n) is 1.85. The highest BCUT2D eigenvalue weighted by Gasteiger charge is 2.16. The van der Waals surface area contributed by atoms with Crippen LogP contribution in [0.1, 0.15) is 13.3 Å². The highest BCUT2D eigenvalue weighted by atomic mass is 16.5. The fourth-order valence-corrected chi connectivity index (χ4v) is 1.85. The standard InChI is InChI=1S/C14H13NO2/c1-10(8-12-9-16-12)17-13-6-2-4-11-5-3-7-15-14(11)13/h2-7,9-10H,8H2,1H3/t10-/m0/s1. The zero-order chi connectivity index (χ0) is 11.7. The number of hydrogen-bond acceptors (Lipinski definition) is 3. The van der Waals surface area contributed by atoms with Gasteiger partial charge in [0.15, 0.2) is 0 Å². The summed E-state index contributed by atoms with van der Waals surface area (Å²) in [4.78, 5) is 4.36. The Bertz CT molecular complexity index is 572. The van der Waals surface area contributed by atoms with Gasteiger partial charge in [-0.15, -0.1) is 0 Å². The van der Waals surface area contributed by atoms with E-state index in [9.17, 15) is 0 Å². The number of fused-ring (bicyclic) bond motifs is 1. The normalized spacial score (nSPS) is 15.0. The van der Waals surface area contributed by atoms with Crippen molar-refractivity contribution in [2.75, 3.05) is 0 Å². The Morgan fingerprint density at radius 2 is 2.12 bits per heavy atom. The third kappa shape index (κ3) is 2.23. The molecule has 2 aromatic rings. The van der Waals surface area contributed by atoms with Crippen molar-refractivity contribution < 1.29 is 9.47 Å². The summed E-state index contributed by atoms with van der Waals surface area (Å²) in [5.41, 5.74) is 0.910. The number of hydrogen-bond donors (Lipinski definition) is 0. The first kappa shape index (κ1) is 10.1. The van der Waals surface area contributed by atoms with Crippen LogP contribution in [-0.2, 0) is 4.74 Å². The van der Waals surface area contributed by atoms with Crippen molar-refractivity contribution in [2.24, 2.45) is 0 Å². The van der Waals surface area contributed by atoms with Crippen LogP contribution in [0.4, 0.5) is 0 Å². The van der Waals surface area contributed by atoms with Crippen molar-refractivity contribution in [2.45, 2.75) is 19.4 Å². The van der Waals surface area contributed by atoms with E-state index in [0.29, 0.717) is 0 Å². The Balaban J connectivity index is 1.86. The van der Waals surface area contributed by atoms with Crippen molar-refractivity contribution in [3.8, 4) is 5.75 Å². The van der Waals surface area contributed by atoms with Crippen molar-refractivity contribution in [3.05, 3.63) is 48.5 Å². The minimum atomic E-state index is 0.0938. The Labute approximate surface area is 99.7 Å². The lowest BCUT2D eigenvalue weighted by Crippen LogP contribution is -2.11. The number of nitrogens with zero attached hydrogens (tertiary/aromatic N) is 1. The molecule has 17 heavy (non-hydrogen) atoms. The summed E-state index contributed by atoms with van der Waals surface area (Å²) < 4.78 is 10.9. The molecule has 1 aromatic carbocycles. The SMILES string of the molecule is C[C@@H](CC1=CO1)Oc1cccc2cccnc12. The summed E-state index contributed by atoms with van der Waals surface area (Å²) in [7, 11) is 0. The zero-order valence-electron chi connectivity index (χ0n) is 9.59. The van der Waals surface area contributed by atoms with Gasteiger partial charge in [0.25, 0.3) is 0 Å². The molecule has 0 saturated heterocycles. The molecule has 0 saturated carbocycles. The van der Waals surface area contributed by atoms with Crippen LogP contribution in [0.3, 0.4) is 0 Å². The van der Waals surface area contributed by atoms with E-state index in [1.165, 1.54) is 0 Å². The largest absolute Gasteiger partial charge is 0.488 e. The van der Waals surface area contributed by atoms with Crippen LogP contribution in [0, 0.1) is 0 Å². The van der Waals surface area contributed by atoms with Gasteiger partial charge in [-0.3, -0.25) is 4.98 Å². The molecule has 86 valence electrons. The maximum Gasteiger partial charge on any atom is 0.145 e. The molecule has 3 nitrogen and oxygen atoms in total. The van der Waals surface area contributed by atoms with Crippen molar-refractivity contribution in [1.82, 2.24) is 4.98 Å². The molecule has 0 aliphatic carbocycles. The van der Waals surface area contributed by atoms with Crippen LogP contribution in [0.5, 0.6) is 5.75 Å². The monoisotopic (exact) mass is 227 g/mol. The van der Waals surface area contributed by atoms with Crippen molar-refractivity contribution >= 4 is 10.9 Å². The maximum absolute atomic E-state index is 5.90. The van der Waals surface area contributed by atoms with Gasteiger partial charge >= 0.3 is 0 Å². The van der Waals surface area contributed by atoms with E-state index in [-0.39, 0.29) is 6.10 Å². The smallest absolute Gasteiger partial charge is 0.145 e. The summed E-state index contributed by atoms with van der Waals surface area (Å²) in [6.07, 6.45) is 4.44. The molecular formula is C14H13NO2. The molecule has 3 heteroatoms. The Hall–Kier alpha value is -2.03. The van der Waals surface area contributed by atoms with Gasteiger partial charge < -0.3 is 9.47 Å². The quantitative estimate of drug-likeness (QED) is 0.804. The van der Waals surface area contributed by atoms with Gasteiger partial charge in [0, 0.05) is 18.0 Å². The highest BCUT2D eigenvalue weighted by Crippen LogP contribution is 2.27. The second-order valence-corrected chi connectivity index (χ2v) is 4.17. The topological polar surface area (TPSA) is 34.6 Å².